The van der Waals surface area contributed by atoms with Gasteiger partial charge < -0.3 is 25.4 Å². The molecule has 3 rings (SSSR count). The topological polar surface area (TPSA) is 94.1 Å². The highest BCUT2D eigenvalue weighted by molar-refractivity contribution is 5.89. The molecular formula is C19H28N4O4. The molecule has 8 nitrogen and oxygen atoms in total. The minimum absolute atomic E-state index is 0.0286. The number of rotatable bonds is 4. The van der Waals surface area contributed by atoms with E-state index in [4.69, 9.17) is 4.74 Å². The largest absolute Gasteiger partial charge is 0.389 e. The van der Waals surface area contributed by atoms with E-state index in [0.29, 0.717) is 38.4 Å². The predicted octanol–water partition coefficient (Wildman–Crippen LogP) is 0.274. The molecule has 0 unspecified atom stereocenters. The summed E-state index contributed by atoms with van der Waals surface area (Å²) in [6, 6.07) is 7.21. The highest BCUT2D eigenvalue weighted by atomic mass is 16.5. The van der Waals surface area contributed by atoms with Crippen molar-refractivity contribution in [1.82, 2.24) is 15.1 Å². The van der Waals surface area contributed by atoms with Crippen molar-refractivity contribution < 1.29 is 19.4 Å². The second-order valence-corrected chi connectivity index (χ2v) is 7.03. The molecule has 148 valence electrons. The maximum Gasteiger partial charge on any atom is 0.321 e. The van der Waals surface area contributed by atoms with Crippen molar-refractivity contribution in [3.8, 4) is 0 Å². The van der Waals surface area contributed by atoms with Crippen molar-refractivity contribution in [2.45, 2.75) is 25.0 Å². The maximum absolute atomic E-state index is 12.6. The third kappa shape index (κ3) is 5.18. The first-order valence-electron chi connectivity index (χ1n) is 9.42. The Bertz CT molecular complexity index is 652. The summed E-state index contributed by atoms with van der Waals surface area (Å²) in [5.41, 5.74) is 1.61. The summed E-state index contributed by atoms with van der Waals surface area (Å²) in [6.07, 6.45) is 0.740. The summed E-state index contributed by atoms with van der Waals surface area (Å²) >= 11 is 0. The maximum atomic E-state index is 12.6. The Morgan fingerprint density at radius 1 is 1.15 bits per heavy atom. The van der Waals surface area contributed by atoms with E-state index in [0.717, 1.165) is 25.1 Å². The number of nitrogens with zero attached hydrogens (tertiary/aromatic N) is 2. The highest BCUT2D eigenvalue weighted by Crippen LogP contribution is 2.17. The molecule has 1 aromatic carbocycles. The number of aliphatic hydroxyl groups excluding tert-OH is 1. The lowest BCUT2D eigenvalue weighted by Gasteiger charge is -2.28. The average molecular weight is 376 g/mol. The lowest BCUT2D eigenvalue weighted by molar-refractivity contribution is -0.119. The van der Waals surface area contributed by atoms with Gasteiger partial charge in [0, 0.05) is 38.9 Å². The molecule has 0 saturated carbocycles. The van der Waals surface area contributed by atoms with Crippen LogP contribution in [-0.2, 0) is 16.0 Å². The molecule has 2 fully saturated rings. The van der Waals surface area contributed by atoms with E-state index in [1.165, 1.54) is 0 Å². The van der Waals surface area contributed by atoms with Crippen molar-refractivity contribution in [2.75, 3.05) is 51.8 Å². The van der Waals surface area contributed by atoms with Gasteiger partial charge in [-0.2, -0.15) is 0 Å². The van der Waals surface area contributed by atoms with Crippen molar-refractivity contribution in [3.63, 3.8) is 0 Å². The Morgan fingerprint density at radius 2 is 1.93 bits per heavy atom. The normalized spacial score (nSPS) is 23.7. The fourth-order valence-corrected chi connectivity index (χ4v) is 3.53. The molecule has 0 bridgehead atoms. The van der Waals surface area contributed by atoms with Gasteiger partial charge in [-0.25, -0.2) is 4.79 Å². The molecule has 0 aromatic heterocycles. The molecule has 2 saturated heterocycles. The molecule has 3 N–H and O–H groups in total. The molecule has 2 heterocycles. The molecule has 0 spiro atoms. The number of hydrogen-bond acceptors (Lipinski definition) is 5. The van der Waals surface area contributed by atoms with Crippen LogP contribution >= 0.6 is 0 Å². The first-order chi connectivity index (χ1) is 13.1. The number of carbonyl (C=O) groups is 2. The van der Waals surface area contributed by atoms with E-state index in [9.17, 15) is 14.7 Å². The van der Waals surface area contributed by atoms with E-state index in [2.05, 4.69) is 15.5 Å². The molecule has 0 radical (unpaired) electrons. The van der Waals surface area contributed by atoms with E-state index in [1.54, 1.807) is 11.9 Å². The fraction of sp³-hybridized carbons (Fsp3) is 0.579. The molecule has 8 heteroatoms. The summed E-state index contributed by atoms with van der Waals surface area (Å²) in [5.74, 6) is -0.0429. The third-order valence-corrected chi connectivity index (χ3v) is 5.16. The number of hydrogen-bond donors (Lipinski definition) is 3. The predicted molar refractivity (Wildman–Crippen MR) is 102 cm³/mol. The first kappa shape index (κ1) is 19.6. The van der Waals surface area contributed by atoms with Crippen molar-refractivity contribution in [2.24, 2.45) is 0 Å². The molecule has 0 aliphatic carbocycles. The number of ether oxygens (including phenoxy) is 1. The van der Waals surface area contributed by atoms with Crippen LogP contribution in [0.1, 0.15) is 12.0 Å². The number of urea groups is 1. The van der Waals surface area contributed by atoms with Gasteiger partial charge in [-0.3, -0.25) is 9.69 Å². The first-order valence-corrected chi connectivity index (χ1v) is 9.42. The minimum atomic E-state index is -0.446. The highest BCUT2D eigenvalue weighted by Gasteiger charge is 2.33. The van der Waals surface area contributed by atoms with E-state index >= 15 is 0 Å². The van der Waals surface area contributed by atoms with E-state index < -0.39 is 6.10 Å². The van der Waals surface area contributed by atoms with Crippen LogP contribution in [-0.4, -0.2) is 85.4 Å². The number of aliphatic hydroxyl groups is 1. The van der Waals surface area contributed by atoms with Crippen molar-refractivity contribution in [1.29, 1.82) is 0 Å². The Hall–Kier alpha value is -2.16. The van der Waals surface area contributed by atoms with Gasteiger partial charge in [-0.05, 0) is 24.1 Å². The van der Waals surface area contributed by atoms with Crippen molar-refractivity contribution >= 4 is 17.6 Å². The molecule has 2 atom stereocenters. The van der Waals surface area contributed by atoms with Crippen LogP contribution < -0.4 is 10.6 Å². The molecule has 2 aliphatic heterocycles. The minimum Gasteiger partial charge on any atom is -0.389 e. The standard InChI is InChI=1S/C19H28N4O4/c1-20-18(25)11-14-3-5-15(6-4-14)21-19(26)23-8-2-7-22(9-10-23)16-12-27-13-17(16)24/h3-6,16-17,24H,2,7-13H2,1H3,(H,20,25)(H,21,26)/t16-,17-/m1/s1. The van der Waals surface area contributed by atoms with Crippen LogP contribution in [0.15, 0.2) is 24.3 Å². The Labute approximate surface area is 159 Å². The summed E-state index contributed by atoms with van der Waals surface area (Å²) in [5, 5.41) is 15.5. The van der Waals surface area contributed by atoms with Gasteiger partial charge in [-0.15, -0.1) is 0 Å². The van der Waals surface area contributed by atoms with E-state index in [-0.39, 0.29) is 18.0 Å². The van der Waals surface area contributed by atoms with Gasteiger partial charge in [0.25, 0.3) is 0 Å². The lowest BCUT2D eigenvalue weighted by Crippen LogP contribution is -2.45. The van der Waals surface area contributed by atoms with Gasteiger partial charge >= 0.3 is 6.03 Å². The smallest absolute Gasteiger partial charge is 0.321 e. The SMILES string of the molecule is CNC(=O)Cc1ccc(NC(=O)N2CCCN([C@@H]3COC[C@H]3O)CC2)cc1. The zero-order valence-corrected chi connectivity index (χ0v) is 15.7. The van der Waals surface area contributed by atoms with Gasteiger partial charge in [0.2, 0.25) is 5.91 Å². The zero-order chi connectivity index (χ0) is 19.2. The van der Waals surface area contributed by atoms with Gasteiger partial charge in [0.1, 0.15) is 0 Å². The number of likely N-dealkylation sites (N-methyl/N-ethyl adjacent to an activating group) is 1. The van der Waals surface area contributed by atoms with Gasteiger partial charge in [-0.1, -0.05) is 12.1 Å². The second kappa shape index (κ2) is 9.16. The molecule has 1 aromatic rings. The van der Waals surface area contributed by atoms with Gasteiger partial charge in [0.15, 0.2) is 0 Å². The van der Waals surface area contributed by atoms with E-state index in [1.807, 2.05) is 24.3 Å². The average Bonchev–Trinajstić information content (AvgIpc) is 2.95. The van der Waals surface area contributed by atoms with Crippen LogP contribution in [0.2, 0.25) is 0 Å². The lowest BCUT2D eigenvalue weighted by atomic mass is 10.1. The summed E-state index contributed by atoms with van der Waals surface area (Å²) in [4.78, 5) is 28.0. The molecular weight excluding hydrogens is 348 g/mol. The monoisotopic (exact) mass is 376 g/mol. The Kier molecular flexibility index (Phi) is 6.65. The molecule has 27 heavy (non-hydrogen) atoms. The third-order valence-electron chi connectivity index (χ3n) is 5.16. The van der Waals surface area contributed by atoms with Crippen LogP contribution in [0, 0.1) is 0 Å². The summed E-state index contributed by atoms with van der Waals surface area (Å²) < 4.78 is 5.35. The number of benzene rings is 1. The Morgan fingerprint density at radius 3 is 2.59 bits per heavy atom. The summed E-state index contributed by atoms with van der Waals surface area (Å²) in [7, 11) is 1.61. The fourth-order valence-electron chi connectivity index (χ4n) is 3.53. The quantitative estimate of drug-likeness (QED) is 0.702. The zero-order valence-electron chi connectivity index (χ0n) is 15.7. The van der Waals surface area contributed by atoms with Crippen LogP contribution in [0.3, 0.4) is 0 Å². The number of amides is 3. The van der Waals surface area contributed by atoms with Crippen LogP contribution in [0.5, 0.6) is 0 Å². The van der Waals surface area contributed by atoms with Crippen molar-refractivity contribution in [3.05, 3.63) is 29.8 Å². The van der Waals surface area contributed by atoms with Crippen LogP contribution in [0.25, 0.3) is 0 Å². The van der Waals surface area contributed by atoms with Crippen LogP contribution in [0.4, 0.5) is 10.5 Å². The number of carbonyl (C=O) groups excluding carboxylic acids is 2. The number of anilines is 1. The molecule has 2 aliphatic rings. The molecule has 3 amide bonds. The second-order valence-electron chi connectivity index (χ2n) is 7.03. The Balaban J connectivity index is 1.51. The van der Waals surface area contributed by atoms with Gasteiger partial charge in [0.05, 0.1) is 31.8 Å². The summed E-state index contributed by atoms with van der Waals surface area (Å²) in [6.45, 7) is 3.81. The number of nitrogens with one attached hydrogen (secondary N) is 2.